The van der Waals surface area contributed by atoms with Crippen LogP contribution < -0.4 is 5.32 Å². The molecule has 4 fully saturated rings. The van der Waals surface area contributed by atoms with Crippen molar-refractivity contribution in [1.29, 1.82) is 0 Å². The van der Waals surface area contributed by atoms with Crippen LogP contribution in [-0.2, 0) is 14.2 Å². The molecule has 1 N–H and O–H groups in total. The van der Waals surface area contributed by atoms with Gasteiger partial charge in [-0.15, -0.1) is 0 Å². The topological polar surface area (TPSA) is 43.0 Å². The number of rotatable bonds is 3. The third-order valence-corrected chi connectivity index (χ3v) is 3.94. The number of piperazine rings is 1. The summed E-state index contributed by atoms with van der Waals surface area (Å²) in [5.74, 6) is -0.314. The van der Waals surface area contributed by atoms with Crippen molar-refractivity contribution in [3.8, 4) is 0 Å². The fourth-order valence-electron chi connectivity index (χ4n) is 2.79. The zero-order valence-electron chi connectivity index (χ0n) is 10.5. The van der Waals surface area contributed by atoms with Crippen molar-refractivity contribution < 1.29 is 14.2 Å². The zero-order chi connectivity index (χ0) is 11.7. The second kappa shape index (κ2) is 4.82. The molecule has 4 saturated heterocycles. The molecule has 0 radical (unpaired) electrons. The summed E-state index contributed by atoms with van der Waals surface area (Å²) in [6.45, 7) is 8.93. The maximum atomic E-state index is 5.74. The lowest BCUT2D eigenvalue weighted by molar-refractivity contribution is -0.452. The van der Waals surface area contributed by atoms with E-state index >= 15 is 0 Å². The Kier molecular flexibility index (Phi) is 3.36. The van der Waals surface area contributed by atoms with Crippen molar-refractivity contribution in [1.82, 2.24) is 10.2 Å². The van der Waals surface area contributed by atoms with Crippen LogP contribution in [0.5, 0.6) is 0 Å². The summed E-state index contributed by atoms with van der Waals surface area (Å²) >= 11 is 0. The van der Waals surface area contributed by atoms with Gasteiger partial charge in [-0.3, -0.25) is 4.90 Å². The molecule has 5 heteroatoms. The van der Waals surface area contributed by atoms with Crippen LogP contribution in [0.4, 0.5) is 0 Å². The summed E-state index contributed by atoms with van der Waals surface area (Å²) in [6, 6.07) is 0.437. The lowest BCUT2D eigenvalue weighted by Crippen LogP contribution is -2.57. The molecule has 0 saturated carbocycles. The average molecular weight is 242 g/mol. The SMILES string of the molecule is CC(CC12OCC(CO1)CO2)N1CCNCC1. The fraction of sp³-hybridized carbons (Fsp3) is 1.00. The molecule has 1 unspecified atom stereocenters. The highest BCUT2D eigenvalue weighted by Gasteiger charge is 2.46. The maximum Gasteiger partial charge on any atom is 0.284 e. The van der Waals surface area contributed by atoms with E-state index in [0.29, 0.717) is 12.0 Å². The van der Waals surface area contributed by atoms with Gasteiger partial charge in [-0.25, -0.2) is 0 Å². The van der Waals surface area contributed by atoms with Crippen LogP contribution in [0.2, 0.25) is 0 Å². The number of ether oxygens (including phenoxy) is 3. The van der Waals surface area contributed by atoms with Crippen molar-refractivity contribution >= 4 is 0 Å². The predicted molar refractivity (Wildman–Crippen MR) is 62.6 cm³/mol. The van der Waals surface area contributed by atoms with E-state index in [4.69, 9.17) is 14.2 Å². The van der Waals surface area contributed by atoms with Crippen LogP contribution >= 0.6 is 0 Å². The first-order chi connectivity index (χ1) is 8.27. The highest BCUT2D eigenvalue weighted by molar-refractivity contribution is 4.81. The first-order valence-electron chi connectivity index (χ1n) is 6.64. The number of hydrogen-bond donors (Lipinski definition) is 1. The molecule has 2 bridgehead atoms. The Morgan fingerprint density at radius 2 is 1.76 bits per heavy atom. The molecule has 0 aromatic heterocycles. The van der Waals surface area contributed by atoms with E-state index in [2.05, 4.69) is 17.1 Å². The first kappa shape index (κ1) is 11.9. The summed E-state index contributed by atoms with van der Waals surface area (Å²) < 4.78 is 17.2. The van der Waals surface area contributed by atoms with Gasteiger partial charge in [0.1, 0.15) is 0 Å². The van der Waals surface area contributed by atoms with Gasteiger partial charge in [-0.1, -0.05) is 0 Å². The number of nitrogens with zero attached hydrogens (tertiary/aromatic N) is 1. The summed E-state index contributed by atoms with van der Waals surface area (Å²) in [7, 11) is 0. The van der Waals surface area contributed by atoms with E-state index < -0.39 is 5.97 Å². The highest BCUT2D eigenvalue weighted by Crippen LogP contribution is 2.34. The van der Waals surface area contributed by atoms with Gasteiger partial charge in [0.2, 0.25) is 0 Å². The van der Waals surface area contributed by atoms with E-state index in [9.17, 15) is 0 Å². The molecule has 1 atom stereocenters. The largest absolute Gasteiger partial charge is 0.327 e. The summed E-state index contributed by atoms with van der Waals surface area (Å²) in [4.78, 5) is 2.47. The smallest absolute Gasteiger partial charge is 0.284 e. The number of fused-ring (bicyclic) bond motifs is 3. The van der Waals surface area contributed by atoms with Crippen molar-refractivity contribution in [2.24, 2.45) is 5.92 Å². The lowest BCUT2D eigenvalue weighted by atomic mass is 10.1. The van der Waals surface area contributed by atoms with E-state index in [-0.39, 0.29) is 0 Å². The molecule has 98 valence electrons. The van der Waals surface area contributed by atoms with Gasteiger partial charge in [-0.2, -0.15) is 0 Å². The summed E-state index contributed by atoms with van der Waals surface area (Å²) in [5, 5.41) is 3.37. The molecule has 0 aliphatic carbocycles. The van der Waals surface area contributed by atoms with Crippen molar-refractivity contribution in [3.63, 3.8) is 0 Å². The molecule has 0 aromatic rings. The lowest BCUT2D eigenvalue weighted by Gasteiger charge is -2.47. The van der Waals surface area contributed by atoms with Crippen LogP contribution in [0.1, 0.15) is 13.3 Å². The van der Waals surface area contributed by atoms with E-state index in [1.165, 1.54) is 0 Å². The molecule has 5 nitrogen and oxygen atoms in total. The molecule has 0 spiro atoms. The second-order valence-corrected chi connectivity index (χ2v) is 5.32. The molecule has 0 amide bonds. The van der Waals surface area contributed by atoms with Crippen LogP contribution in [0.15, 0.2) is 0 Å². The molecular formula is C12H22N2O3. The number of nitrogens with one attached hydrogen (secondary N) is 1. The molecule has 4 rings (SSSR count). The molecular weight excluding hydrogens is 220 g/mol. The van der Waals surface area contributed by atoms with Gasteiger partial charge < -0.3 is 19.5 Å². The van der Waals surface area contributed by atoms with Gasteiger partial charge in [0.25, 0.3) is 5.97 Å². The Labute approximate surface area is 102 Å². The summed E-state index contributed by atoms with van der Waals surface area (Å²) in [6.07, 6.45) is 0.805. The van der Waals surface area contributed by atoms with Gasteiger partial charge in [0.15, 0.2) is 0 Å². The fourth-order valence-corrected chi connectivity index (χ4v) is 2.79. The minimum atomic E-state index is -0.751. The molecule has 0 aromatic carbocycles. The molecule has 17 heavy (non-hydrogen) atoms. The second-order valence-electron chi connectivity index (χ2n) is 5.32. The molecule has 4 aliphatic rings. The van der Waals surface area contributed by atoms with Crippen LogP contribution in [0.25, 0.3) is 0 Å². The standard InChI is InChI=1S/C12H22N2O3/c1-10(14-4-2-13-3-5-14)6-12-15-7-11(8-16-12)9-17-12/h10-11,13H,2-9H2,1H3. The normalized spacial score (nSPS) is 40.4. The third-order valence-electron chi connectivity index (χ3n) is 3.94. The average Bonchev–Trinajstić information content (AvgIpc) is 2.41. The predicted octanol–water partition coefficient (Wildman–Crippen LogP) is 0.0172. The Bertz CT molecular complexity index is 247. The number of hydrogen-bond acceptors (Lipinski definition) is 5. The van der Waals surface area contributed by atoms with Crippen LogP contribution in [0.3, 0.4) is 0 Å². The van der Waals surface area contributed by atoms with E-state index in [1.54, 1.807) is 0 Å². The Balaban J connectivity index is 1.57. The molecule has 4 aliphatic heterocycles. The Hall–Kier alpha value is -0.200. The highest BCUT2D eigenvalue weighted by atomic mass is 16.9. The van der Waals surface area contributed by atoms with Crippen LogP contribution in [-0.4, -0.2) is 62.9 Å². The van der Waals surface area contributed by atoms with Gasteiger partial charge in [-0.05, 0) is 6.92 Å². The van der Waals surface area contributed by atoms with Crippen LogP contribution in [0, 0.1) is 5.92 Å². The van der Waals surface area contributed by atoms with Crippen molar-refractivity contribution in [2.45, 2.75) is 25.4 Å². The monoisotopic (exact) mass is 242 g/mol. The van der Waals surface area contributed by atoms with Crippen molar-refractivity contribution in [3.05, 3.63) is 0 Å². The zero-order valence-corrected chi connectivity index (χ0v) is 10.5. The first-order valence-corrected chi connectivity index (χ1v) is 6.64. The van der Waals surface area contributed by atoms with Gasteiger partial charge in [0.05, 0.1) is 19.8 Å². The quantitative estimate of drug-likeness (QED) is 0.755. The minimum absolute atomic E-state index is 0.436. The van der Waals surface area contributed by atoms with Crippen molar-refractivity contribution in [2.75, 3.05) is 46.0 Å². The van der Waals surface area contributed by atoms with Gasteiger partial charge >= 0.3 is 0 Å². The van der Waals surface area contributed by atoms with E-state index in [0.717, 1.165) is 52.4 Å². The summed E-state index contributed by atoms with van der Waals surface area (Å²) in [5.41, 5.74) is 0. The minimum Gasteiger partial charge on any atom is -0.327 e. The Morgan fingerprint density at radius 1 is 1.18 bits per heavy atom. The van der Waals surface area contributed by atoms with E-state index in [1.807, 2.05) is 0 Å². The Morgan fingerprint density at radius 3 is 2.35 bits per heavy atom. The maximum absolute atomic E-state index is 5.74. The molecule has 4 heterocycles. The van der Waals surface area contributed by atoms with Gasteiger partial charge in [0, 0.05) is 44.6 Å². The third kappa shape index (κ3) is 2.48.